The van der Waals surface area contributed by atoms with Gasteiger partial charge >= 0.3 is 11.9 Å². The Kier molecular flexibility index (Phi) is 25.0. The molecular formula is C26H48O8. The third kappa shape index (κ3) is 25.1. The third-order valence-electron chi connectivity index (χ3n) is 4.90. The van der Waals surface area contributed by atoms with Crippen LogP contribution in [0, 0.1) is 0 Å². The van der Waals surface area contributed by atoms with E-state index in [4.69, 9.17) is 28.4 Å². The summed E-state index contributed by atoms with van der Waals surface area (Å²) in [5.41, 5.74) is 0.372. The molecule has 200 valence electrons. The zero-order valence-electron chi connectivity index (χ0n) is 21.6. The van der Waals surface area contributed by atoms with E-state index in [0.717, 1.165) is 12.8 Å². The molecule has 0 saturated carbocycles. The largest absolute Gasteiger partial charge is 0.463 e. The second-order valence-electron chi connectivity index (χ2n) is 8.16. The van der Waals surface area contributed by atoms with Crippen LogP contribution in [0.3, 0.4) is 0 Å². The molecule has 0 saturated heterocycles. The number of esters is 2. The third-order valence-corrected chi connectivity index (χ3v) is 4.90. The first-order chi connectivity index (χ1) is 16.6. The Morgan fingerprint density at radius 1 is 0.559 bits per heavy atom. The molecule has 0 aromatic rings. The lowest BCUT2D eigenvalue weighted by atomic mass is 10.1. The molecule has 0 aromatic heterocycles. The molecule has 0 amide bonds. The van der Waals surface area contributed by atoms with E-state index in [2.05, 4.69) is 13.5 Å². The van der Waals surface area contributed by atoms with Gasteiger partial charge in [0.25, 0.3) is 0 Å². The van der Waals surface area contributed by atoms with Crippen molar-refractivity contribution in [2.75, 3.05) is 66.1 Å². The fraction of sp³-hybridized carbons (Fsp3) is 0.846. The summed E-state index contributed by atoms with van der Waals surface area (Å²) in [4.78, 5) is 22.8. The Labute approximate surface area is 206 Å². The molecule has 0 aliphatic rings. The first kappa shape index (κ1) is 32.5. The predicted molar refractivity (Wildman–Crippen MR) is 132 cm³/mol. The minimum atomic E-state index is -0.411. The predicted octanol–water partition coefficient (Wildman–Crippen LogP) is 4.64. The number of unbranched alkanes of at least 4 members (excludes halogenated alkanes) is 8. The minimum Gasteiger partial charge on any atom is -0.463 e. The van der Waals surface area contributed by atoms with E-state index in [1.54, 1.807) is 6.92 Å². The molecule has 0 atom stereocenters. The van der Waals surface area contributed by atoms with Crippen LogP contribution in [-0.2, 0) is 38.0 Å². The van der Waals surface area contributed by atoms with Gasteiger partial charge in [-0.25, -0.2) is 4.79 Å². The highest BCUT2D eigenvalue weighted by Gasteiger charge is 2.03. The highest BCUT2D eigenvalue weighted by atomic mass is 16.6. The number of ether oxygens (including phenoxy) is 6. The summed E-state index contributed by atoms with van der Waals surface area (Å²) in [6, 6.07) is 0. The lowest BCUT2D eigenvalue weighted by Gasteiger charge is -2.08. The fourth-order valence-corrected chi connectivity index (χ4v) is 2.94. The van der Waals surface area contributed by atoms with Crippen molar-refractivity contribution in [3.8, 4) is 0 Å². The summed E-state index contributed by atoms with van der Waals surface area (Å²) in [5, 5.41) is 0. The van der Waals surface area contributed by atoms with Crippen LogP contribution in [0.4, 0.5) is 0 Å². The van der Waals surface area contributed by atoms with Crippen molar-refractivity contribution >= 4 is 11.9 Å². The maximum Gasteiger partial charge on any atom is 0.333 e. The van der Waals surface area contributed by atoms with Crippen LogP contribution >= 0.6 is 0 Å². The van der Waals surface area contributed by atoms with Gasteiger partial charge in [-0.1, -0.05) is 64.9 Å². The average molecular weight is 489 g/mol. The highest BCUT2D eigenvalue weighted by molar-refractivity contribution is 5.86. The Bertz CT molecular complexity index is 495. The zero-order valence-corrected chi connectivity index (χ0v) is 21.6. The lowest BCUT2D eigenvalue weighted by Crippen LogP contribution is -2.15. The van der Waals surface area contributed by atoms with E-state index in [1.165, 1.54) is 44.9 Å². The number of carbonyl (C=O) groups is 2. The smallest absolute Gasteiger partial charge is 0.333 e. The molecule has 0 spiro atoms. The maximum absolute atomic E-state index is 11.7. The monoisotopic (exact) mass is 488 g/mol. The fourth-order valence-electron chi connectivity index (χ4n) is 2.94. The van der Waals surface area contributed by atoms with Crippen molar-refractivity contribution in [1.82, 2.24) is 0 Å². The van der Waals surface area contributed by atoms with Crippen LogP contribution in [0.5, 0.6) is 0 Å². The zero-order chi connectivity index (χ0) is 25.1. The summed E-state index contributed by atoms with van der Waals surface area (Å²) >= 11 is 0. The standard InChI is InChI=1S/C26H48O8/c1-4-5-6-7-8-9-10-11-12-13-25(27)33-22-20-31-18-16-29-14-15-30-17-19-32-21-23-34-26(28)24(2)3/h2,4-23H2,1,3H3. The molecule has 0 heterocycles. The maximum atomic E-state index is 11.7. The van der Waals surface area contributed by atoms with E-state index in [0.29, 0.717) is 64.8 Å². The highest BCUT2D eigenvalue weighted by Crippen LogP contribution is 2.10. The molecule has 0 aromatic carbocycles. The van der Waals surface area contributed by atoms with E-state index in [1.807, 2.05) is 0 Å². The topological polar surface area (TPSA) is 89.5 Å². The van der Waals surface area contributed by atoms with Gasteiger partial charge in [-0.3, -0.25) is 4.79 Å². The molecule has 0 rings (SSSR count). The summed E-state index contributed by atoms with van der Waals surface area (Å²) in [6.07, 6.45) is 11.6. The molecule has 8 heteroatoms. The second-order valence-corrected chi connectivity index (χ2v) is 8.16. The number of rotatable bonds is 26. The van der Waals surface area contributed by atoms with E-state index < -0.39 is 5.97 Å². The van der Waals surface area contributed by atoms with Gasteiger partial charge in [0, 0.05) is 12.0 Å². The second kappa shape index (κ2) is 26.1. The Morgan fingerprint density at radius 3 is 1.38 bits per heavy atom. The summed E-state index contributed by atoms with van der Waals surface area (Å²) in [6.45, 7) is 11.2. The average Bonchev–Trinajstić information content (AvgIpc) is 2.82. The van der Waals surface area contributed by atoms with Gasteiger partial charge in [-0.15, -0.1) is 0 Å². The van der Waals surface area contributed by atoms with Crippen LogP contribution in [0.2, 0.25) is 0 Å². The van der Waals surface area contributed by atoms with Crippen LogP contribution in [0.1, 0.15) is 78.1 Å². The molecule has 0 unspecified atom stereocenters. The molecule has 0 aliphatic heterocycles. The van der Waals surface area contributed by atoms with Crippen molar-refractivity contribution in [3.05, 3.63) is 12.2 Å². The molecule has 34 heavy (non-hydrogen) atoms. The lowest BCUT2D eigenvalue weighted by molar-refractivity contribution is -0.145. The van der Waals surface area contributed by atoms with Crippen molar-refractivity contribution in [3.63, 3.8) is 0 Å². The van der Waals surface area contributed by atoms with Crippen molar-refractivity contribution in [2.24, 2.45) is 0 Å². The van der Waals surface area contributed by atoms with Crippen molar-refractivity contribution in [2.45, 2.75) is 78.1 Å². The van der Waals surface area contributed by atoms with Crippen molar-refractivity contribution < 1.29 is 38.0 Å². The summed E-state index contributed by atoms with van der Waals surface area (Å²) in [7, 11) is 0. The van der Waals surface area contributed by atoms with Gasteiger partial charge in [0.2, 0.25) is 0 Å². The van der Waals surface area contributed by atoms with Gasteiger partial charge in [-0.05, 0) is 13.3 Å². The van der Waals surface area contributed by atoms with E-state index >= 15 is 0 Å². The van der Waals surface area contributed by atoms with Crippen molar-refractivity contribution in [1.29, 1.82) is 0 Å². The summed E-state index contributed by atoms with van der Waals surface area (Å²) in [5.74, 6) is -0.553. The first-order valence-electron chi connectivity index (χ1n) is 12.9. The van der Waals surface area contributed by atoms with Gasteiger partial charge in [0.05, 0.1) is 52.9 Å². The molecule has 0 radical (unpaired) electrons. The molecule has 0 fully saturated rings. The van der Waals surface area contributed by atoms with Gasteiger partial charge in [0.15, 0.2) is 0 Å². The molecular weight excluding hydrogens is 440 g/mol. The normalized spacial score (nSPS) is 10.9. The minimum absolute atomic E-state index is 0.142. The van der Waals surface area contributed by atoms with Crippen LogP contribution < -0.4 is 0 Å². The van der Waals surface area contributed by atoms with E-state index in [9.17, 15) is 9.59 Å². The Morgan fingerprint density at radius 2 is 0.941 bits per heavy atom. The van der Waals surface area contributed by atoms with Gasteiger partial charge < -0.3 is 28.4 Å². The van der Waals surface area contributed by atoms with E-state index in [-0.39, 0.29) is 19.2 Å². The van der Waals surface area contributed by atoms with Crippen LogP contribution in [0.25, 0.3) is 0 Å². The SMILES string of the molecule is C=C(C)C(=O)OCCOCCOCCOCCOCCOC(=O)CCCCCCCCCCC. The Hall–Kier alpha value is -1.48. The first-order valence-corrected chi connectivity index (χ1v) is 12.9. The van der Waals surface area contributed by atoms with Gasteiger partial charge in [-0.2, -0.15) is 0 Å². The quantitative estimate of drug-likeness (QED) is 0.0988. The Balaban J connectivity index is 3.18. The molecule has 8 nitrogen and oxygen atoms in total. The van der Waals surface area contributed by atoms with Crippen LogP contribution in [0.15, 0.2) is 12.2 Å². The van der Waals surface area contributed by atoms with Crippen LogP contribution in [-0.4, -0.2) is 78.0 Å². The number of hydrogen-bond donors (Lipinski definition) is 0. The molecule has 0 N–H and O–H groups in total. The summed E-state index contributed by atoms with van der Waals surface area (Å²) < 4.78 is 31.5. The number of carbonyl (C=O) groups excluding carboxylic acids is 2. The number of hydrogen-bond acceptors (Lipinski definition) is 8. The van der Waals surface area contributed by atoms with Gasteiger partial charge in [0.1, 0.15) is 13.2 Å². The molecule has 0 aliphatic carbocycles. The molecule has 0 bridgehead atoms.